The number of nitrogens with one attached hydrogen (secondary N) is 2. The largest absolute Gasteiger partial charge is 0.373 e. The van der Waals surface area contributed by atoms with Crippen molar-refractivity contribution in [2.75, 3.05) is 39.3 Å². The summed E-state index contributed by atoms with van der Waals surface area (Å²) in [5.74, 6) is -0.633. The number of fused-ring (bicyclic) bond motifs is 1. The van der Waals surface area contributed by atoms with Gasteiger partial charge in [0.25, 0.3) is 0 Å². The average molecular weight is 631 g/mol. The van der Waals surface area contributed by atoms with Crippen molar-refractivity contribution in [3.63, 3.8) is 0 Å². The molecule has 2 N–H and O–H groups in total. The molecule has 1 aromatic heterocycles. The minimum atomic E-state index is -0.691. The van der Waals surface area contributed by atoms with Crippen LogP contribution in [0.15, 0.2) is 53.3 Å². The Morgan fingerprint density at radius 2 is 1.78 bits per heavy atom. The van der Waals surface area contributed by atoms with Crippen LogP contribution in [0.25, 0.3) is 11.0 Å². The molecule has 12 heteroatoms. The van der Waals surface area contributed by atoms with E-state index in [-0.39, 0.29) is 48.3 Å². The quantitative estimate of drug-likeness (QED) is 0.378. The molecule has 4 atom stereocenters. The third-order valence-corrected chi connectivity index (χ3v) is 9.96. The Morgan fingerprint density at radius 1 is 0.978 bits per heavy atom. The van der Waals surface area contributed by atoms with Crippen LogP contribution in [-0.4, -0.2) is 94.2 Å². The van der Waals surface area contributed by atoms with Gasteiger partial charge in [-0.15, -0.1) is 0 Å². The summed E-state index contributed by atoms with van der Waals surface area (Å²) in [5.41, 5.74) is 3.38. The highest BCUT2D eigenvalue weighted by molar-refractivity contribution is 6.00. The molecule has 3 aromatic rings. The molecule has 0 aliphatic carbocycles. The Labute approximate surface area is 267 Å². The molecular formula is C34H42N6O6. The molecule has 0 saturated carbocycles. The second kappa shape index (κ2) is 13.1. The Morgan fingerprint density at radius 3 is 2.57 bits per heavy atom. The Hall–Kier alpha value is -3.84. The second-order valence-electron chi connectivity index (χ2n) is 12.9. The van der Waals surface area contributed by atoms with Crippen molar-refractivity contribution >= 4 is 28.8 Å². The fourth-order valence-electron chi connectivity index (χ4n) is 7.43. The lowest BCUT2D eigenvalue weighted by Crippen LogP contribution is -2.53. The molecule has 3 amide bonds. The summed E-state index contributed by atoms with van der Waals surface area (Å²) in [7, 11) is 1.72. The van der Waals surface area contributed by atoms with Gasteiger partial charge in [0, 0.05) is 39.6 Å². The number of amides is 3. The molecule has 0 spiro atoms. The van der Waals surface area contributed by atoms with Gasteiger partial charge < -0.3 is 19.7 Å². The maximum Gasteiger partial charge on any atom is 0.329 e. The van der Waals surface area contributed by atoms with Gasteiger partial charge >= 0.3 is 5.69 Å². The number of likely N-dealkylation sites (tertiary alicyclic amines) is 1. The van der Waals surface area contributed by atoms with Gasteiger partial charge in [-0.25, -0.2) is 4.79 Å². The van der Waals surface area contributed by atoms with Gasteiger partial charge in [-0.3, -0.25) is 33.7 Å². The predicted octanol–water partition coefficient (Wildman–Crippen LogP) is 1.63. The number of aryl methyl sites for hydroxylation is 1. The average Bonchev–Trinajstić information content (AvgIpc) is 3.64. The molecule has 0 bridgehead atoms. The third kappa shape index (κ3) is 6.14. The molecule has 0 radical (unpaired) electrons. The van der Waals surface area contributed by atoms with E-state index < -0.39 is 11.9 Å². The standard InChI is InChI=1S/C34H42N6O6/c1-37-27-19-22(7-8-25(27)40(34(37)44)26-9-10-30(41)36-32(26)42)20-38-15-12-24(13-16-38)46-28-11-14-35-31(28)33(43)39-17-18-45-29(21-39)23-5-3-2-4-6-23/h2-8,19,24,26,28-29,31,35H,9-18,20-21H2,1H3,(H,36,41,42)/t26?,28-,29+,31+/m1/s1. The first kappa shape index (κ1) is 30.8. The highest BCUT2D eigenvalue weighted by atomic mass is 16.5. The molecular weight excluding hydrogens is 588 g/mol. The highest BCUT2D eigenvalue weighted by Crippen LogP contribution is 2.27. The van der Waals surface area contributed by atoms with Crippen LogP contribution in [0, 0.1) is 0 Å². The van der Waals surface area contributed by atoms with Gasteiger partial charge in [0.2, 0.25) is 17.7 Å². The minimum absolute atomic E-state index is 0.0976. The smallest absolute Gasteiger partial charge is 0.329 e. The van der Waals surface area contributed by atoms with E-state index in [0.29, 0.717) is 31.6 Å². The lowest BCUT2D eigenvalue weighted by molar-refractivity contribution is -0.146. The Bertz CT molecular complexity index is 1660. The first-order valence-electron chi connectivity index (χ1n) is 16.5. The van der Waals surface area contributed by atoms with Crippen molar-refractivity contribution in [1.29, 1.82) is 0 Å². The molecule has 4 aliphatic heterocycles. The van der Waals surface area contributed by atoms with Crippen LogP contribution in [0.3, 0.4) is 0 Å². The normalized spacial score (nSPS) is 26.5. The van der Waals surface area contributed by atoms with E-state index in [1.807, 2.05) is 53.4 Å². The van der Waals surface area contributed by atoms with Crippen LogP contribution in [-0.2, 0) is 37.4 Å². The van der Waals surface area contributed by atoms with Crippen LogP contribution in [0.2, 0.25) is 0 Å². The van der Waals surface area contributed by atoms with Crippen molar-refractivity contribution in [2.24, 2.45) is 7.05 Å². The van der Waals surface area contributed by atoms with Gasteiger partial charge in [0.1, 0.15) is 18.2 Å². The van der Waals surface area contributed by atoms with Crippen LogP contribution in [0.5, 0.6) is 0 Å². The van der Waals surface area contributed by atoms with E-state index in [1.54, 1.807) is 11.6 Å². The third-order valence-electron chi connectivity index (χ3n) is 9.96. The molecule has 5 heterocycles. The number of hydrogen-bond acceptors (Lipinski definition) is 8. The van der Waals surface area contributed by atoms with Gasteiger partial charge in [-0.05, 0) is 55.5 Å². The molecule has 1 unspecified atom stereocenters. The summed E-state index contributed by atoms with van der Waals surface area (Å²) in [4.78, 5) is 55.2. The van der Waals surface area contributed by atoms with Crippen LogP contribution >= 0.6 is 0 Å². The molecule has 244 valence electrons. The molecule has 2 aromatic carbocycles. The number of benzene rings is 2. The summed E-state index contributed by atoms with van der Waals surface area (Å²) in [6, 6.07) is 15.0. The van der Waals surface area contributed by atoms with Crippen LogP contribution in [0.1, 0.15) is 55.4 Å². The summed E-state index contributed by atoms with van der Waals surface area (Å²) in [6.07, 6.45) is 2.98. The summed E-state index contributed by atoms with van der Waals surface area (Å²) in [5, 5.41) is 5.77. The van der Waals surface area contributed by atoms with E-state index in [9.17, 15) is 19.2 Å². The number of carbonyl (C=O) groups excluding carboxylic acids is 3. The summed E-state index contributed by atoms with van der Waals surface area (Å²) in [6.45, 7) is 4.92. The van der Waals surface area contributed by atoms with Gasteiger partial charge in [-0.2, -0.15) is 0 Å². The summed E-state index contributed by atoms with van der Waals surface area (Å²) >= 11 is 0. The van der Waals surface area contributed by atoms with E-state index in [1.165, 1.54) is 4.57 Å². The summed E-state index contributed by atoms with van der Waals surface area (Å²) < 4.78 is 15.7. The minimum Gasteiger partial charge on any atom is -0.373 e. The fourth-order valence-corrected chi connectivity index (χ4v) is 7.43. The van der Waals surface area contributed by atoms with Crippen molar-refractivity contribution in [3.05, 3.63) is 70.1 Å². The van der Waals surface area contributed by atoms with E-state index >= 15 is 0 Å². The van der Waals surface area contributed by atoms with Crippen molar-refractivity contribution in [2.45, 2.75) is 69.0 Å². The van der Waals surface area contributed by atoms with E-state index in [4.69, 9.17) is 9.47 Å². The zero-order valence-corrected chi connectivity index (χ0v) is 26.2. The van der Waals surface area contributed by atoms with Crippen molar-refractivity contribution in [3.8, 4) is 0 Å². The molecule has 4 fully saturated rings. The molecule has 46 heavy (non-hydrogen) atoms. The zero-order chi connectivity index (χ0) is 31.8. The first-order chi connectivity index (χ1) is 22.4. The predicted molar refractivity (Wildman–Crippen MR) is 170 cm³/mol. The number of carbonyl (C=O) groups is 3. The molecule has 4 saturated heterocycles. The van der Waals surface area contributed by atoms with Gasteiger partial charge in [0.05, 0.1) is 36.4 Å². The maximum atomic E-state index is 13.6. The SMILES string of the molecule is Cn1c(=O)n(C2CCC(=O)NC2=O)c2ccc(CN3CCC(O[C@@H]4CCN[C@@H]4C(=O)N4CCO[C@H](c5ccccc5)C4)CC3)cc21. The lowest BCUT2D eigenvalue weighted by Gasteiger charge is -2.37. The number of aromatic nitrogens is 2. The number of hydrogen-bond donors (Lipinski definition) is 2. The van der Waals surface area contributed by atoms with Crippen molar-refractivity contribution < 1.29 is 23.9 Å². The van der Waals surface area contributed by atoms with Gasteiger partial charge in [0.15, 0.2) is 0 Å². The van der Waals surface area contributed by atoms with E-state index in [0.717, 1.165) is 62.1 Å². The molecule has 7 rings (SSSR count). The zero-order valence-electron chi connectivity index (χ0n) is 26.2. The number of morpholine rings is 1. The molecule has 4 aliphatic rings. The van der Waals surface area contributed by atoms with E-state index in [2.05, 4.69) is 15.5 Å². The number of piperidine rings is 2. The number of ether oxygens (including phenoxy) is 2. The fraction of sp³-hybridized carbons (Fsp3) is 0.529. The number of rotatable bonds is 7. The number of imide groups is 1. The highest BCUT2D eigenvalue weighted by Gasteiger charge is 2.39. The van der Waals surface area contributed by atoms with Gasteiger partial charge in [-0.1, -0.05) is 36.4 Å². The Kier molecular flexibility index (Phi) is 8.78. The number of nitrogens with zero attached hydrogens (tertiary/aromatic N) is 4. The number of imidazole rings is 1. The maximum absolute atomic E-state index is 13.6. The van der Waals surface area contributed by atoms with Crippen molar-refractivity contribution in [1.82, 2.24) is 29.6 Å². The Balaban J connectivity index is 0.939. The second-order valence-corrected chi connectivity index (χ2v) is 12.9. The van der Waals surface area contributed by atoms with Crippen LogP contribution in [0.4, 0.5) is 0 Å². The topological polar surface area (TPSA) is 127 Å². The monoisotopic (exact) mass is 630 g/mol. The molecule has 12 nitrogen and oxygen atoms in total. The lowest BCUT2D eigenvalue weighted by atomic mass is 10.0. The first-order valence-corrected chi connectivity index (χ1v) is 16.5. The van der Waals surface area contributed by atoms with Crippen LogP contribution < -0.4 is 16.3 Å².